The van der Waals surface area contributed by atoms with Crippen molar-refractivity contribution < 1.29 is 4.79 Å². The van der Waals surface area contributed by atoms with Crippen LogP contribution in [0.4, 0.5) is 0 Å². The predicted molar refractivity (Wildman–Crippen MR) is 55.2 cm³/mol. The van der Waals surface area contributed by atoms with E-state index in [0.717, 1.165) is 16.5 Å². The molecule has 0 aromatic heterocycles. The van der Waals surface area contributed by atoms with Crippen molar-refractivity contribution in [1.29, 1.82) is 0 Å². The monoisotopic (exact) mass is 243 g/mol. The van der Waals surface area contributed by atoms with Crippen molar-refractivity contribution in [2.75, 3.05) is 0 Å². The van der Waals surface area contributed by atoms with Crippen LogP contribution >= 0.6 is 15.9 Å². The maximum atomic E-state index is 10.9. The van der Waals surface area contributed by atoms with Gasteiger partial charge in [-0.1, -0.05) is 28.9 Å². The lowest BCUT2D eigenvalue weighted by Gasteiger charge is -2.09. The third-order valence-corrected chi connectivity index (χ3v) is 2.38. The second-order valence-electron chi connectivity index (χ2n) is 2.44. The molecule has 0 saturated heterocycles. The van der Waals surface area contributed by atoms with Gasteiger partial charge in [0.2, 0.25) is 0 Å². The Morgan fingerprint density at radius 1 is 1.58 bits per heavy atom. The van der Waals surface area contributed by atoms with E-state index in [2.05, 4.69) is 28.6 Å². The van der Waals surface area contributed by atoms with Gasteiger partial charge in [-0.3, -0.25) is 0 Å². The summed E-state index contributed by atoms with van der Waals surface area (Å²) in [5.41, 5.74) is 1.65. The number of hydrogen-bond donors (Lipinski definition) is 0. The molecule has 0 N–H and O–H groups in total. The first-order chi connectivity index (χ1) is 5.65. The summed E-state index contributed by atoms with van der Waals surface area (Å²) >= 11 is 7.93. The van der Waals surface area contributed by atoms with Gasteiger partial charge < -0.3 is 17.4 Å². The van der Waals surface area contributed by atoms with Gasteiger partial charge in [-0.25, -0.2) is 0 Å². The summed E-state index contributed by atoms with van der Waals surface area (Å²) in [7, 11) is 0. The zero-order valence-electron chi connectivity index (χ0n) is 6.63. The normalized spacial score (nSPS) is 9.83. The number of aryl methyl sites for hydroxylation is 1. The molecule has 1 nitrogen and oxygen atoms in total. The Labute approximate surface area is 85.7 Å². The number of hydrogen-bond acceptors (Lipinski definition) is 2. The van der Waals surface area contributed by atoms with E-state index in [4.69, 9.17) is 0 Å². The highest BCUT2D eigenvalue weighted by Crippen LogP contribution is 2.17. The summed E-state index contributed by atoms with van der Waals surface area (Å²) in [4.78, 5) is 10.9. The first-order valence-electron chi connectivity index (χ1n) is 3.65. The largest absolute Gasteiger partial charge is 0.737 e. The fourth-order valence-electron chi connectivity index (χ4n) is 1.05. The van der Waals surface area contributed by atoms with Gasteiger partial charge in [-0.15, -0.1) is 0 Å². The van der Waals surface area contributed by atoms with Crippen LogP contribution in [0.15, 0.2) is 22.7 Å². The van der Waals surface area contributed by atoms with Crippen LogP contribution in [-0.2, 0) is 19.0 Å². The Bertz CT molecular complexity index is 309. The lowest BCUT2D eigenvalue weighted by molar-refractivity contribution is 0.108. The molecule has 1 aromatic rings. The quantitative estimate of drug-likeness (QED) is 0.744. The van der Waals surface area contributed by atoms with Crippen molar-refractivity contribution in [3.05, 3.63) is 33.8 Å². The van der Waals surface area contributed by atoms with E-state index in [9.17, 15) is 4.79 Å². The van der Waals surface area contributed by atoms with Crippen LogP contribution in [0, 0.1) is 0 Å². The van der Waals surface area contributed by atoms with Crippen LogP contribution in [-0.4, -0.2) is 5.12 Å². The summed E-state index contributed by atoms with van der Waals surface area (Å²) in [6.45, 7) is 2.00. The molecule has 0 unspecified atom stereocenters. The van der Waals surface area contributed by atoms with Crippen LogP contribution < -0.4 is 0 Å². The molecule has 0 saturated carbocycles. The van der Waals surface area contributed by atoms with Gasteiger partial charge in [-0.2, -0.15) is 0 Å². The van der Waals surface area contributed by atoms with Gasteiger partial charge in [0.25, 0.3) is 0 Å². The maximum Gasteiger partial charge on any atom is 0.0425 e. The fraction of sp³-hybridized carbons (Fsp3) is 0.222. The molecule has 0 fully saturated rings. The van der Waals surface area contributed by atoms with Gasteiger partial charge in [0, 0.05) is 9.59 Å². The highest BCUT2D eigenvalue weighted by Gasteiger charge is 2.00. The average molecular weight is 244 g/mol. The Kier molecular flexibility index (Phi) is 3.23. The maximum absolute atomic E-state index is 10.9. The van der Waals surface area contributed by atoms with E-state index in [1.807, 2.05) is 19.1 Å². The van der Waals surface area contributed by atoms with E-state index >= 15 is 0 Å². The number of carbonyl (C=O) groups is 1. The predicted octanol–water partition coefficient (Wildman–Crippen LogP) is 2.70. The van der Waals surface area contributed by atoms with Crippen molar-refractivity contribution in [2.24, 2.45) is 0 Å². The van der Waals surface area contributed by atoms with E-state index in [1.54, 1.807) is 6.07 Å². The molecule has 0 heterocycles. The van der Waals surface area contributed by atoms with E-state index in [-0.39, 0.29) is 5.12 Å². The van der Waals surface area contributed by atoms with Crippen molar-refractivity contribution in [3.63, 3.8) is 0 Å². The summed E-state index contributed by atoms with van der Waals surface area (Å²) in [5.74, 6) is 0. The first-order valence-corrected chi connectivity index (χ1v) is 4.85. The number of carbonyl (C=O) groups excluding carboxylic acids is 1. The SMILES string of the molecule is CCc1cc(Br)ccc1C(=O)[S-]. The molecule has 12 heavy (non-hydrogen) atoms. The summed E-state index contributed by atoms with van der Waals surface area (Å²) in [6.07, 6.45) is 0.831. The minimum Gasteiger partial charge on any atom is -0.737 e. The molecule has 3 heteroatoms. The molecule has 0 aliphatic rings. The van der Waals surface area contributed by atoms with Crippen LogP contribution in [0.25, 0.3) is 0 Å². The molecule has 0 spiro atoms. The molecule has 0 atom stereocenters. The van der Waals surface area contributed by atoms with Crippen molar-refractivity contribution in [2.45, 2.75) is 13.3 Å². The Balaban J connectivity index is 3.20. The third kappa shape index (κ3) is 2.05. The highest BCUT2D eigenvalue weighted by molar-refractivity contribution is 9.10. The van der Waals surface area contributed by atoms with Crippen LogP contribution in [0.2, 0.25) is 0 Å². The minimum atomic E-state index is -0.278. The molecule has 0 bridgehead atoms. The van der Waals surface area contributed by atoms with Gasteiger partial charge in [-0.05, 0) is 29.7 Å². The van der Waals surface area contributed by atoms with E-state index < -0.39 is 0 Å². The van der Waals surface area contributed by atoms with Crippen LogP contribution in [0.3, 0.4) is 0 Å². The molecular weight excluding hydrogens is 236 g/mol. The molecule has 1 rings (SSSR count). The second-order valence-corrected chi connectivity index (χ2v) is 3.73. The van der Waals surface area contributed by atoms with E-state index in [1.165, 1.54) is 0 Å². The van der Waals surface area contributed by atoms with Gasteiger partial charge >= 0.3 is 0 Å². The van der Waals surface area contributed by atoms with Crippen LogP contribution in [0.1, 0.15) is 22.8 Å². The zero-order valence-corrected chi connectivity index (χ0v) is 9.04. The zero-order chi connectivity index (χ0) is 9.14. The molecule has 1 aromatic carbocycles. The Hall–Kier alpha value is -0.410. The topological polar surface area (TPSA) is 17.1 Å². The lowest BCUT2D eigenvalue weighted by Crippen LogP contribution is -1.98. The number of halogens is 1. The standard InChI is InChI=1S/C9H9BrOS/c1-2-6-5-7(10)3-4-8(6)9(11)12/h3-5H,2H2,1H3,(H,11,12)/p-1. The van der Waals surface area contributed by atoms with Crippen molar-refractivity contribution in [1.82, 2.24) is 0 Å². The van der Waals surface area contributed by atoms with E-state index in [0.29, 0.717) is 5.56 Å². The van der Waals surface area contributed by atoms with Crippen molar-refractivity contribution in [3.8, 4) is 0 Å². The lowest BCUT2D eigenvalue weighted by atomic mass is 10.1. The Morgan fingerprint density at radius 3 is 2.75 bits per heavy atom. The summed E-state index contributed by atoms with van der Waals surface area (Å²) in [6, 6.07) is 5.52. The summed E-state index contributed by atoms with van der Waals surface area (Å²) in [5, 5.41) is -0.278. The Morgan fingerprint density at radius 2 is 2.25 bits per heavy atom. The molecule has 0 aliphatic carbocycles. The third-order valence-electron chi connectivity index (χ3n) is 1.67. The van der Waals surface area contributed by atoms with Crippen molar-refractivity contribution >= 4 is 33.7 Å². The molecule has 0 aliphatic heterocycles. The minimum absolute atomic E-state index is 0.278. The first kappa shape index (κ1) is 9.68. The molecule has 64 valence electrons. The van der Waals surface area contributed by atoms with Gasteiger partial charge in [0.1, 0.15) is 0 Å². The summed E-state index contributed by atoms with van der Waals surface area (Å²) < 4.78 is 0.986. The molecule has 0 radical (unpaired) electrons. The number of rotatable bonds is 2. The smallest absolute Gasteiger partial charge is 0.0425 e. The fourth-order valence-corrected chi connectivity index (χ4v) is 1.66. The number of benzene rings is 1. The molecule has 0 amide bonds. The van der Waals surface area contributed by atoms with Crippen LogP contribution in [0.5, 0.6) is 0 Å². The highest BCUT2D eigenvalue weighted by atomic mass is 79.9. The van der Waals surface area contributed by atoms with Gasteiger partial charge in [0.05, 0.1) is 0 Å². The molecular formula is C9H8BrOS-. The average Bonchev–Trinajstić information content (AvgIpc) is 2.03. The second kappa shape index (κ2) is 4.01. The van der Waals surface area contributed by atoms with Gasteiger partial charge in [0.15, 0.2) is 0 Å².